The fraction of sp³-hybridized carbons (Fsp3) is 0.370. The molecule has 0 atom stereocenters. The zero-order valence-corrected chi connectivity index (χ0v) is 37.7. The topological polar surface area (TPSA) is 40.6 Å². The fourth-order valence-corrected chi connectivity index (χ4v) is 8.07. The number of hydrogen-bond donors (Lipinski definition) is 0. The number of hydrogen-bond acceptors (Lipinski definition) is 2. The minimum Gasteiger partial charge on any atom is -0.336 e. The summed E-state index contributed by atoms with van der Waals surface area (Å²) >= 11 is 0. The summed E-state index contributed by atoms with van der Waals surface area (Å²) in [4.78, 5) is 29.9. The first-order chi connectivity index (χ1) is 30.3. The van der Waals surface area contributed by atoms with Crippen molar-refractivity contribution in [2.45, 2.75) is 115 Å². The van der Waals surface area contributed by atoms with E-state index < -0.39 is 23.3 Å². The van der Waals surface area contributed by atoms with Gasteiger partial charge in [-0.15, -0.1) is 48.2 Å². The Hall–Kier alpha value is -4.79. The summed E-state index contributed by atoms with van der Waals surface area (Å²) in [5.41, 5.74) is 2.28. The third-order valence-corrected chi connectivity index (χ3v) is 11.3. The molecule has 0 aliphatic heterocycles. The number of amides is 2. The molecule has 0 unspecified atom stereocenters. The van der Waals surface area contributed by atoms with Crippen LogP contribution in [0.4, 0.5) is 17.6 Å². The van der Waals surface area contributed by atoms with E-state index in [2.05, 4.69) is 36.4 Å². The van der Waals surface area contributed by atoms with Gasteiger partial charge in [0.05, 0.1) is 0 Å². The molecule has 0 radical (unpaired) electrons. The van der Waals surface area contributed by atoms with Crippen LogP contribution in [0.1, 0.15) is 122 Å². The zero-order chi connectivity index (χ0) is 43.8. The van der Waals surface area contributed by atoms with Gasteiger partial charge in [0.15, 0.2) is 0 Å². The smallest absolute Gasteiger partial charge is 0.336 e. The predicted molar refractivity (Wildman–Crippen MR) is 239 cm³/mol. The number of allylic oxidation sites excluding steroid dienone is 8. The van der Waals surface area contributed by atoms with Crippen LogP contribution in [0.3, 0.4) is 0 Å². The van der Waals surface area contributed by atoms with Crippen molar-refractivity contribution < 1.29 is 48.9 Å². The molecule has 2 amide bonds. The van der Waals surface area contributed by atoms with Crippen molar-refractivity contribution in [2.24, 2.45) is 0 Å². The molecule has 63 heavy (non-hydrogen) atoms. The number of aryl methyl sites for hydroxylation is 2. The van der Waals surface area contributed by atoms with E-state index >= 15 is 0 Å². The van der Waals surface area contributed by atoms with E-state index in [-0.39, 0.29) is 45.6 Å². The third kappa shape index (κ3) is 17.7. The molecule has 8 rings (SSSR count). The molecule has 0 aromatic heterocycles. The van der Waals surface area contributed by atoms with Crippen LogP contribution in [0, 0.1) is 47.6 Å². The average molecular weight is 891 g/mol. The maximum atomic E-state index is 13.8. The quantitative estimate of drug-likeness (QED) is 0.0808. The molecule has 2 fully saturated rings. The molecule has 0 bridgehead atoms. The first kappa shape index (κ1) is 50.9. The van der Waals surface area contributed by atoms with Crippen molar-refractivity contribution in [2.75, 3.05) is 13.1 Å². The number of carbonyl (C=O) groups excluding carboxylic acids is 2. The Labute approximate surface area is 387 Å². The van der Waals surface area contributed by atoms with Gasteiger partial charge in [0, 0.05) is 59.6 Å². The standard InChI is InChI=1S/2C22H24F2NO.2C5H5.Ti/c2*23-19-14-13-17(21(24)16-19)10-7-15-25(20-11-5-2-6-12-20)22(26)18-8-3-1-4-9-18;2*1-2-4-5-3-1;/h2*1,3-4,8-9,13-14,20H,2,5-7,10-12,15H2;2*1-3H,4H2;/q4*-1;+4. The summed E-state index contributed by atoms with van der Waals surface area (Å²) in [6, 6.07) is 28.7. The summed E-state index contributed by atoms with van der Waals surface area (Å²) in [5.74, 6) is -2.55. The van der Waals surface area contributed by atoms with Crippen molar-refractivity contribution >= 4 is 11.8 Å². The fourth-order valence-electron chi connectivity index (χ4n) is 8.07. The van der Waals surface area contributed by atoms with Crippen LogP contribution in [0.5, 0.6) is 0 Å². The maximum Gasteiger partial charge on any atom is 4.00 e. The van der Waals surface area contributed by atoms with Gasteiger partial charge in [-0.1, -0.05) is 87.8 Å². The minimum absolute atomic E-state index is 0. The van der Waals surface area contributed by atoms with Gasteiger partial charge in [-0.3, -0.25) is 21.7 Å². The van der Waals surface area contributed by atoms with E-state index in [1.165, 1.54) is 37.1 Å². The first-order valence-electron chi connectivity index (χ1n) is 22.2. The molecule has 4 aliphatic rings. The first-order valence-corrected chi connectivity index (χ1v) is 22.2. The van der Waals surface area contributed by atoms with Gasteiger partial charge in [0.2, 0.25) is 0 Å². The van der Waals surface area contributed by atoms with E-state index in [9.17, 15) is 27.2 Å². The van der Waals surface area contributed by atoms with E-state index in [0.717, 1.165) is 64.2 Å². The summed E-state index contributed by atoms with van der Waals surface area (Å²) < 4.78 is 53.5. The molecule has 328 valence electrons. The molecule has 0 spiro atoms. The number of nitrogens with zero attached hydrogens (tertiary/aromatic N) is 2. The molecular weight excluding hydrogens is 832 g/mol. The Balaban J connectivity index is 0.000000223. The largest absolute Gasteiger partial charge is 4.00 e. The summed E-state index contributed by atoms with van der Waals surface area (Å²) in [5, 5.41) is 0. The van der Waals surface area contributed by atoms with Crippen LogP contribution >= 0.6 is 0 Å². The van der Waals surface area contributed by atoms with Crippen molar-refractivity contribution in [3.63, 3.8) is 0 Å². The number of benzene rings is 4. The third-order valence-electron chi connectivity index (χ3n) is 11.3. The van der Waals surface area contributed by atoms with Crippen LogP contribution in [0.15, 0.2) is 121 Å². The van der Waals surface area contributed by atoms with Crippen LogP contribution in [-0.2, 0) is 34.6 Å². The van der Waals surface area contributed by atoms with Gasteiger partial charge in [0.25, 0.3) is 11.8 Å². The summed E-state index contributed by atoms with van der Waals surface area (Å²) in [6.45, 7) is 1.16. The SMILES string of the molecule is O=C(c1ccccc1)N(CCCc1ccc(F)[c-]c1F)C1CCCCC1.O=C(c1ccccc1)N(CCCc1ccc(F)[c-]c1F)C1CCCCC1.[C-]1=CC=CC1.[C-]1=CC=CC1.[Ti+4]. The number of rotatable bonds is 12. The molecule has 4 nitrogen and oxygen atoms in total. The zero-order valence-electron chi connectivity index (χ0n) is 36.2. The van der Waals surface area contributed by atoms with E-state index in [4.69, 9.17) is 0 Å². The monoisotopic (exact) mass is 890 g/mol. The second kappa shape index (κ2) is 28.8. The van der Waals surface area contributed by atoms with Crippen LogP contribution < -0.4 is 0 Å². The Morgan fingerprint density at radius 1 is 0.524 bits per heavy atom. The normalized spacial score (nSPS) is 15.2. The molecule has 0 heterocycles. The van der Waals surface area contributed by atoms with E-state index in [1.807, 2.05) is 94.8 Å². The maximum absolute atomic E-state index is 13.8. The average Bonchev–Trinajstić information content (AvgIpc) is 4.11. The van der Waals surface area contributed by atoms with Crippen molar-refractivity contribution in [3.8, 4) is 0 Å². The second-order valence-corrected chi connectivity index (χ2v) is 15.8. The van der Waals surface area contributed by atoms with Gasteiger partial charge < -0.3 is 9.80 Å². The van der Waals surface area contributed by atoms with Gasteiger partial charge in [-0.05, 0) is 62.8 Å². The van der Waals surface area contributed by atoms with Crippen molar-refractivity contribution in [1.82, 2.24) is 9.80 Å². The van der Waals surface area contributed by atoms with E-state index in [1.54, 1.807) is 0 Å². The summed E-state index contributed by atoms with van der Waals surface area (Å²) in [7, 11) is 0. The Bertz CT molecular complexity index is 1910. The predicted octanol–water partition coefficient (Wildman–Crippen LogP) is 13.0. The Morgan fingerprint density at radius 3 is 1.21 bits per heavy atom. The van der Waals surface area contributed by atoms with E-state index in [0.29, 0.717) is 61.0 Å². The van der Waals surface area contributed by atoms with Crippen LogP contribution in [0.25, 0.3) is 0 Å². The molecule has 2 saturated carbocycles. The molecule has 0 saturated heterocycles. The number of carbonyl (C=O) groups is 2. The minimum atomic E-state index is -0.686. The molecular formula is C54H58F4N2O2Ti. The molecule has 9 heteroatoms. The second-order valence-electron chi connectivity index (χ2n) is 15.8. The summed E-state index contributed by atoms with van der Waals surface area (Å²) in [6.07, 6.45) is 33.3. The number of halogens is 4. The van der Waals surface area contributed by atoms with Crippen LogP contribution in [0.2, 0.25) is 0 Å². The van der Waals surface area contributed by atoms with Crippen molar-refractivity contribution in [3.05, 3.63) is 191 Å². The Morgan fingerprint density at radius 2 is 0.905 bits per heavy atom. The molecule has 4 aromatic rings. The van der Waals surface area contributed by atoms with Crippen LogP contribution in [-0.4, -0.2) is 46.8 Å². The van der Waals surface area contributed by atoms with Crippen molar-refractivity contribution in [1.29, 1.82) is 0 Å². The molecule has 0 N–H and O–H groups in total. The Kier molecular flexibility index (Phi) is 23.3. The molecule has 4 aliphatic carbocycles. The van der Waals surface area contributed by atoms with Gasteiger partial charge in [-0.25, -0.2) is 41.9 Å². The van der Waals surface area contributed by atoms with Gasteiger partial charge in [0.1, 0.15) is 0 Å². The van der Waals surface area contributed by atoms with Gasteiger partial charge in [-0.2, -0.15) is 24.3 Å². The molecule has 4 aromatic carbocycles. The van der Waals surface area contributed by atoms with Gasteiger partial charge >= 0.3 is 21.7 Å².